The standard InChI is InChI=1S/C21H28FN3O2/c1-3-27-23-15-18-6-9-20(26-2)14-21(18)25-12-10-24(11-13-25)16-17-4-7-19(22)8-5-17/h4-9,14,23H,3,10-13,15-16H2,1-2H3. The minimum Gasteiger partial charge on any atom is -0.497 e. The van der Waals surface area contributed by atoms with Gasteiger partial charge in [0.15, 0.2) is 0 Å². The minimum absolute atomic E-state index is 0.185. The van der Waals surface area contributed by atoms with Crippen LogP contribution in [0.15, 0.2) is 42.5 Å². The van der Waals surface area contributed by atoms with Crippen molar-refractivity contribution in [2.24, 2.45) is 0 Å². The van der Waals surface area contributed by atoms with E-state index in [-0.39, 0.29) is 5.82 Å². The Bertz CT molecular complexity index is 716. The second-order valence-electron chi connectivity index (χ2n) is 6.64. The maximum atomic E-state index is 13.1. The molecule has 1 aliphatic rings. The monoisotopic (exact) mass is 373 g/mol. The van der Waals surface area contributed by atoms with Gasteiger partial charge in [0.05, 0.1) is 13.7 Å². The van der Waals surface area contributed by atoms with E-state index in [4.69, 9.17) is 9.57 Å². The zero-order valence-electron chi connectivity index (χ0n) is 16.1. The fourth-order valence-corrected chi connectivity index (χ4v) is 3.34. The third-order valence-electron chi connectivity index (χ3n) is 4.83. The van der Waals surface area contributed by atoms with Gasteiger partial charge in [0.1, 0.15) is 11.6 Å². The molecule has 0 unspecified atom stereocenters. The summed E-state index contributed by atoms with van der Waals surface area (Å²) in [6, 6.07) is 12.9. The van der Waals surface area contributed by atoms with Gasteiger partial charge >= 0.3 is 0 Å². The van der Waals surface area contributed by atoms with Gasteiger partial charge in [0, 0.05) is 51.0 Å². The number of anilines is 1. The summed E-state index contributed by atoms with van der Waals surface area (Å²) in [4.78, 5) is 10.1. The zero-order chi connectivity index (χ0) is 19.1. The largest absolute Gasteiger partial charge is 0.497 e. The Morgan fingerprint density at radius 3 is 2.44 bits per heavy atom. The van der Waals surface area contributed by atoms with E-state index >= 15 is 0 Å². The molecule has 1 aliphatic heterocycles. The maximum absolute atomic E-state index is 13.1. The Balaban J connectivity index is 1.62. The Hall–Kier alpha value is -2.15. The van der Waals surface area contributed by atoms with Crippen LogP contribution in [0.2, 0.25) is 0 Å². The molecule has 1 heterocycles. The number of rotatable bonds is 8. The Morgan fingerprint density at radius 2 is 1.78 bits per heavy atom. The lowest BCUT2D eigenvalue weighted by Gasteiger charge is -2.37. The molecule has 0 radical (unpaired) electrons. The molecule has 0 aliphatic carbocycles. The molecule has 5 nitrogen and oxygen atoms in total. The molecule has 0 bridgehead atoms. The summed E-state index contributed by atoms with van der Waals surface area (Å²) in [5, 5.41) is 0. The molecule has 6 heteroatoms. The molecule has 1 fully saturated rings. The second kappa shape index (κ2) is 9.69. The van der Waals surface area contributed by atoms with Crippen molar-refractivity contribution in [2.45, 2.75) is 20.0 Å². The summed E-state index contributed by atoms with van der Waals surface area (Å²) in [7, 11) is 1.69. The van der Waals surface area contributed by atoms with Crippen LogP contribution >= 0.6 is 0 Å². The lowest BCUT2D eigenvalue weighted by Crippen LogP contribution is -2.46. The van der Waals surface area contributed by atoms with Crippen LogP contribution in [-0.4, -0.2) is 44.8 Å². The lowest BCUT2D eigenvalue weighted by atomic mass is 10.1. The van der Waals surface area contributed by atoms with Crippen LogP contribution < -0.4 is 15.1 Å². The first-order valence-electron chi connectivity index (χ1n) is 9.43. The van der Waals surface area contributed by atoms with Crippen molar-refractivity contribution in [1.29, 1.82) is 0 Å². The molecular weight excluding hydrogens is 345 g/mol. The highest BCUT2D eigenvalue weighted by molar-refractivity contribution is 5.57. The molecule has 27 heavy (non-hydrogen) atoms. The Labute approximate surface area is 160 Å². The number of hydrogen-bond acceptors (Lipinski definition) is 5. The predicted octanol–water partition coefficient (Wildman–Crippen LogP) is 3.20. The fraction of sp³-hybridized carbons (Fsp3) is 0.429. The summed E-state index contributed by atoms with van der Waals surface area (Å²) in [6.45, 7) is 7.91. The van der Waals surface area contributed by atoms with E-state index in [1.807, 2.05) is 25.1 Å². The van der Waals surface area contributed by atoms with Crippen LogP contribution in [-0.2, 0) is 17.9 Å². The number of ether oxygens (including phenoxy) is 1. The lowest BCUT2D eigenvalue weighted by molar-refractivity contribution is 0.0464. The Kier molecular flexibility index (Phi) is 7.04. The summed E-state index contributed by atoms with van der Waals surface area (Å²) in [5.74, 6) is 0.675. The van der Waals surface area contributed by atoms with E-state index < -0.39 is 0 Å². The molecule has 2 aromatic carbocycles. The first-order chi connectivity index (χ1) is 13.2. The topological polar surface area (TPSA) is 37.0 Å². The summed E-state index contributed by atoms with van der Waals surface area (Å²) >= 11 is 0. The van der Waals surface area contributed by atoms with Gasteiger partial charge in [-0.1, -0.05) is 18.2 Å². The molecular formula is C21H28FN3O2. The predicted molar refractivity (Wildman–Crippen MR) is 105 cm³/mol. The van der Waals surface area contributed by atoms with Gasteiger partial charge in [-0.2, -0.15) is 5.48 Å². The molecule has 0 saturated carbocycles. The SMILES string of the molecule is CCONCc1ccc(OC)cc1N1CCN(Cc2ccc(F)cc2)CC1. The molecule has 0 amide bonds. The number of nitrogens with one attached hydrogen (secondary N) is 1. The summed E-state index contributed by atoms with van der Waals surface area (Å²) in [5.41, 5.74) is 6.53. The highest BCUT2D eigenvalue weighted by atomic mass is 19.1. The molecule has 1 N–H and O–H groups in total. The van der Waals surface area contributed by atoms with Crippen LogP contribution in [0.25, 0.3) is 0 Å². The van der Waals surface area contributed by atoms with Gasteiger partial charge in [-0.3, -0.25) is 4.90 Å². The van der Waals surface area contributed by atoms with Gasteiger partial charge in [-0.05, 0) is 36.2 Å². The number of nitrogens with zero attached hydrogens (tertiary/aromatic N) is 2. The zero-order valence-corrected chi connectivity index (χ0v) is 16.1. The maximum Gasteiger partial charge on any atom is 0.123 e. The molecule has 0 spiro atoms. The fourth-order valence-electron chi connectivity index (χ4n) is 3.34. The van der Waals surface area contributed by atoms with Crippen LogP contribution in [0.1, 0.15) is 18.1 Å². The van der Waals surface area contributed by atoms with E-state index in [0.29, 0.717) is 13.2 Å². The van der Waals surface area contributed by atoms with Crippen LogP contribution in [0, 0.1) is 5.82 Å². The second-order valence-corrected chi connectivity index (χ2v) is 6.64. The average Bonchev–Trinajstić information content (AvgIpc) is 2.71. The molecule has 146 valence electrons. The highest BCUT2D eigenvalue weighted by Crippen LogP contribution is 2.27. The van der Waals surface area contributed by atoms with Crippen molar-refractivity contribution in [3.8, 4) is 5.75 Å². The third kappa shape index (κ3) is 5.42. The van der Waals surface area contributed by atoms with Crippen LogP contribution in [0.5, 0.6) is 5.75 Å². The van der Waals surface area contributed by atoms with Gasteiger partial charge in [0.25, 0.3) is 0 Å². The molecule has 0 atom stereocenters. The van der Waals surface area contributed by atoms with Gasteiger partial charge < -0.3 is 14.5 Å². The van der Waals surface area contributed by atoms with E-state index in [1.54, 1.807) is 7.11 Å². The number of hydrogen-bond donors (Lipinski definition) is 1. The Morgan fingerprint density at radius 1 is 1.04 bits per heavy atom. The van der Waals surface area contributed by atoms with Gasteiger partial charge in [-0.25, -0.2) is 4.39 Å². The number of piperazine rings is 1. The first-order valence-corrected chi connectivity index (χ1v) is 9.43. The number of halogens is 1. The number of hydroxylamine groups is 1. The van der Waals surface area contributed by atoms with Crippen molar-refractivity contribution in [3.05, 3.63) is 59.4 Å². The first kappa shape index (κ1) is 19.6. The summed E-state index contributed by atoms with van der Waals surface area (Å²) < 4.78 is 18.5. The van der Waals surface area contributed by atoms with Crippen molar-refractivity contribution < 1.29 is 14.0 Å². The number of methoxy groups -OCH3 is 1. The minimum atomic E-state index is -0.185. The van der Waals surface area contributed by atoms with Crippen LogP contribution in [0.3, 0.4) is 0 Å². The van der Waals surface area contributed by atoms with Crippen molar-refractivity contribution in [1.82, 2.24) is 10.4 Å². The third-order valence-corrected chi connectivity index (χ3v) is 4.83. The van der Waals surface area contributed by atoms with E-state index in [2.05, 4.69) is 27.4 Å². The van der Waals surface area contributed by atoms with Crippen molar-refractivity contribution in [2.75, 3.05) is 44.8 Å². The van der Waals surface area contributed by atoms with E-state index in [9.17, 15) is 4.39 Å². The van der Waals surface area contributed by atoms with Gasteiger partial charge in [-0.15, -0.1) is 0 Å². The normalized spacial score (nSPS) is 15.1. The molecule has 2 aromatic rings. The quantitative estimate of drug-likeness (QED) is 0.568. The van der Waals surface area contributed by atoms with E-state index in [1.165, 1.54) is 23.4 Å². The average molecular weight is 373 g/mol. The van der Waals surface area contributed by atoms with Crippen molar-refractivity contribution in [3.63, 3.8) is 0 Å². The van der Waals surface area contributed by atoms with Crippen LogP contribution in [0.4, 0.5) is 10.1 Å². The highest BCUT2D eigenvalue weighted by Gasteiger charge is 2.20. The molecule has 1 saturated heterocycles. The van der Waals surface area contributed by atoms with Gasteiger partial charge in [0.2, 0.25) is 0 Å². The van der Waals surface area contributed by atoms with Crippen molar-refractivity contribution >= 4 is 5.69 Å². The molecule has 3 rings (SSSR count). The summed E-state index contributed by atoms with van der Waals surface area (Å²) in [6.07, 6.45) is 0. The van der Waals surface area contributed by atoms with E-state index in [0.717, 1.165) is 44.0 Å². The number of benzene rings is 2. The smallest absolute Gasteiger partial charge is 0.123 e. The molecule has 0 aromatic heterocycles.